The first-order chi connectivity index (χ1) is 11.3. The van der Waals surface area contributed by atoms with E-state index in [2.05, 4.69) is 10.4 Å². The number of aromatic nitrogens is 2. The Kier molecular flexibility index (Phi) is 5.07. The van der Waals surface area contributed by atoms with Crippen molar-refractivity contribution < 1.29 is 14.7 Å². The van der Waals surface area contributed by atoms with Gasteiger partial charge >= 0.3 is 5.97 Å². The lowest BCUT2D eigenvalue weighted by molar-refractivity contribution is -0.145. The molecule has 6 nitrogen and oxygen atoms in total. The molecule has 1 aromatic carbocycles. The molecule has 128 valence electrons. The number of hydrogen-bond acceptors (Lipinski definition) is 3. The van der Waals surface area contributed by atoms with Crippen molar-refractivity contribution in [1.82, 2.24) is 15.1 Å². The fourth-order valence-corrected chi connectivity index (χ4v) is 2.66. The zero-order valence-electron chi connectivity index (χ0n) is 14.4. The van der Waals surface area contributed by atoms with E-state index < -0.39 is 17.4 Å². The van der Waals surface area contributed by atoms with Crippen LogP contribution in [0.1, 0.15) is 54.9 Å². The molecule has 24 heavy (non-hydrogen) atoms. The van der Waals surface area contributed by atoms with Crippen LogP contribution in [0.15, 0.2) is 36.4 Å². The Morgan fingerprint density at radius 2 is 1.92 bits per heavy atom. The lowest BCUT2D eigenvalue weighted by Crippen LogP contribution is -2.51. The molecule has 1 atom stereocenters. The number of benzene rings is 1. The Hall–Kier alpha value is -2.63. The summed E-state index contributed by atoms with van der Waals surface area (Å²) in [4.78, 5) is 24.7. The molecule has 0 spiro atoms. The number of aliphatic carboxylic acids is 1. The van der Waals surface area contributed by atoms with E-state index in [1.165, 1.54) is 4.68 Å². The number of carboxylic acid groups (broad SMARTS) is 1. The first-order valence-corrected chi connectivity index (χ1v) is 7.97. The maximum atomic E-state index is 12.7. The molecule has 2 rings (SSSR count). The van der Waals surface area contributed by atoms with Gasteiger partial charge < -0.3 is 10.4 Å². The van der Waals surface area contributed by atoms with E-state index in [4.69, 9.17) is 0 Å². The number of hydrogen-bond donors (Lipinski definition) is 2. The summed E-state index contributed by atoms with van der Waals surface area (Å²) in [7, 11) is 1.68. The highest BCUT2D eigenvalue weighted by molar-refractivity contribution is 5.97. The molecule has 0 aliphatic rings. The quantitative estimate of drug-likeness (QED) is 0.853. The minimum Gasteiger partial charge on any atom is -0.479 e. The normalized spacial score (nSPS) is 13.5. The molecule has 2 aromatic rings. The number of carboxylic acids is 1. The van der Waals surface area contributed by atoms with Gasteiger partial charge in [0.1, 0.15) is 5.69 Å². The number of nitrogens with one attached hydrogen (secondary N) is 1. The zero-order valence-corrected chi connectivity index (χ0v) is 14.4. The molecule has 0 saturated carbocycles. The maximum Gasteiger partial charge on any atom is 0.334 e. The third-order valence-electron chi connectivity index (χ3n) is 4.21. The predicted octanol–water partition coefficient (Wildman–Crippen LogP) is 2.66. The van der Waals surface area contributed by atoms with Crippen molar-refractivity contribution in [3.05, 3.63) is 53.3 Å². The number of carbonyl (C=O) groups is 2. The Morgan fingerprint density at radius 1 is 1.29 bits per heavy atom. The Labute approximate surface area is 141 Å². The van der Waals surface area contributed by atoms with Crippen molar-refractivity contribution in [3.8, 4) is 0 Å². The molecule has 0 saturated heterocycles. The van der Waals surface area contributed by atoms with Crippen LogP contribution < -0.4 is 5.32 Å². The number of carbonyl (C=O) groups excluding carboxylic acids is 1. The highest BCUT2D eigenvalue weighted by atomic mass is 16.4. The van der Waals surface area contributed by atoms with E-state index in [9.17, 15) is 14.7 Å². The Bertz CT molecular complexity index is 737. The van der Waals surface area contributed by atoms with Crippen LogP contribution >= 0.6 is 0 Å². The van der Waals surface area contributed by atoms with Gasteiger partial charge in [-0.3, -0.25) is 9.48 Å². The average Bonchev–Trinajstić information content (AvgIpc) is 2.95. The molecule has 0 aliphatic heterocycles. The van der Waals surface area contributed by atoms with Gasteiger partial charge in [0, 0.05) is 7.05 Å². The smallest absolute Gasteiger partial charge is 0.334 e. The highest BCUT2D eigenvalue weighted by Crippen LogP contribution is 2.26. The fourth-order valence-electron chi connectivity index (χ4n) is 2.66. The molecule has 1 amide bonds. The van der Waals surface area contributed by atoms with Crippen LogP contribution in [0.5, 0.6) is 0 Å². The van der Waals surface area contributed by atoms with Crippen LogP contribution in [0.25, 0.3) is 0 Å². The molecular formula is C18H23N3O3. The van der Waals surface area contributed by atoms with Crippen molar-refractivity contribution in [2.75, 3.05) is 0 Å². The van der Waals surface area contributed by atoms with E-state index in [1.807, 2.05) is 19.9 Å². The summed E-state index contributed by atoms with van der Waals surface area (Å²) in [5.74, 6) is -1.36. The van der Waals surface area contributed by atoms with Gasteiger partial charge in [-0.05, 0) is 24.0 Å². The van der Waals surface area contributed by atoms with Crippen LogP contribution in [0.3, 0.4) is 0 Å². The van der Waals surface area contributed by atoms with Gasteiger partial charge in [-0.1, -0.05) is 51.1 Å². The van der Waals surface area contributed by atoms with Gasteiger partial charge in [-0.15, -0.1) is 0 Å². The standard InChI is InChI=1S/C18H23N3O3/c1-5-18(17(23)24,13-9-7-6-8-10-13)19-16(22)15-11-14(12(2)3)20-21(15)4/h6-12H,5H2,1-4H3,(H,19,22)(H,23,24). The van der Waals surface area contributed by atoms with Crippen molar-refractivity contribution in [2.24, 2.45) is 7.05 Å². The molecular weight excluding hydrogens is 306 g/mol. The number of aryl methyl sites for hydroxylation is 1. The van der Waals surface area contributed by atoms with Crippen LogP contribution in [0.4, 0.5) is 0 Å². The van der Waals surface area contributed by atoms with E-state index in [0.29, 0.717) is 11.3 Å². The summed E-state index contributed by atoms with van der Waals surface area (Å²) < 4.78 is 1.48. The summed E-state index contributed by atoms with van der Waals surface area (Å²) >= 11 is 0. The summed E-state index contributed by atoms with van der Waals surface area (Å²) in [5, 5.41) is 16.8. The van der Waals surface area contributed by atoms with Gasteiger partial charge in [0.25, 0.3) is 5.91 Å². The van der Waals surface area contributed by atoms with Crippen LogP contribution in [-0.2, 0) is 17.4 Å². The second-order valence-corrected chi connectivity index (χ2v) is 6.12. The lowest BCUT2D eigenvalue weighted by Gasteiger charge is -2.29. The Morgan fingerprint density at radius 3 is 2.38 bits per heavy atom. The van der Waals surface area contributed by atoms with Crippen LogP contribution in [0.2, 0.25) is 0 Å². The summed E-state index contributed by atoms with van der Waals surface area (Å²) in [6.45, 7) is 5.72. The molecule has 2 N–H and O–H groups in total. The average molecular weight is 329 g/mol. The van der Waals surface area contributed by atoms with E-state index in [-0.39, 0.29) is 12.3 Å². The lowest BCUT2D eigenvalue weighted by atomic mass is 9.87. The summed E-state index contributed by atoms with van der Waals surface area (Å²) in [6, 6.07) is 10.4. The van der Waals surface area contributed by atoms with Crippen molar-refractivity contribution >= 4 is 11.9 Å². The Balaban J connectivity index is 2.40. The largest absolute Gasteiger partial charge is 0.479 e. The van der Waals surface area contributed by atoms with Crippen molar-refractivity contribution in [2.45, 2.75) is 38.6 Å². The van der Waals surface area contributed by atoms with Gasteiger partial charge in [0.15, 0.2) is 5.54 Å². The predicted molar refractivity (Wildman–Crippen MR) is 90.8 cm³/mol. The van der Waals surface area contributed by atoms with Gasteiger partial charge in [-0.25, -0.2) is 4.79 Å². The fraction of sp³-hybridized carbons (Fsp3) is 0.389. The minimum absolute atomic E-state index is 0.183. The first kappa shape index (κ1) is 17.7. The van der Waals surface area contributed by atoms with Crippen molar-refractivity contribution in [1.29, 1.82) is 0 Å². The number of rotatable bonds is 6. The van der Waals surface area contributed by atoms with Crippen molar-refractivity contribution in [3.63, 3.8) is 0 Å². The maximum absolute atomic E-state index is 12.7. The SMILES string of the molecule is CCC(NC(=O)c1cc(C(C)C)nn1C)(C(=O)O)c1ccccc1. The molecule has 0 radical (unpaired) electrons. The number of amides is 1. The summed E-state index contributed by atoms with van der Waals surface area (Å²) in [6.07, 6.45) is 0.229. The molecule has 1 unspecified atom stereocenters. The topological polar surface area (TPSA) is 84.2 Å². The third-order valence-corrected chi connectivity index (χ3v) is 4.21. The van der Waals surface area contributed by atoms with E-state index >= 15 is 0 Å². The zero-order chi connectivity index (χ0) is 17.9. The minimum atomic E-state index is -1.47. The second kappa shape index (κ2) is 6.86. The molecule has 0 fully saturated rings. The molecule has 0 bridgehead atoms. The molecule has 6 heteroatoms. The van der Waals surface area contributed by atoms with Gasteiger partial charge in [-0.2, -0.15) is 5.10 Å². The molecule has 1 aromatic heterocycles. The summed E-state index contributed by atoms with van der Waals surface area (Å²) in [5.41, 5.74) is 0.203. The monoisotopic (exact) mass is 329 g/mol. The number of nitrogens with zero attached hydrogens (tertiary/aromatic N) is 2. The highest BCUT2D eigenvalue weighted by Gasteiger charge is 2.40. The first-order valence-electron chi connectivity index (χ1n) is 7.97. The second-order valence-electron chi connectivity index (χ2n) is 6.12. The van der Waals surface area contributed by atoms with Crippen LogP contribution in [-0.4, -0.2) is 26.8 Å². The van der Waals surface area contributed by atoms with Gasteiger partial charge in [0.2, 0.25) is 0 Å². The third kappa shape index (κ3) is 3.18. The van der Waals surface area contributed by atoms with E-state index in [1.54, 1.807) is 44.3 Å². The van der Waals surface area contributed by atoms with Gasteiger partial charge in [0.05, 0.1) is 5.69 Å². The van der Waals surface area contributed by atoms with Crippen LogP contribution in [0, 0.1) is 0 Å². The van der Waals surface area contributed by atoms with E-state index in [0.717, 1.165) is 5.69 Å². The molecule has 1 heterocycles. The molecule has 0 aliphatic carbocycles.